The summed E-state index contributed by atoms with van der Waals surface area (Å²) >= 11 is 0. The highest BCUT2D eigenvalue weighted by molar-refractivity contribution is 5.98. The Hall–Kier alpha value is -4.28. The molecule has 8 atom stereocenters. The highest BCUT2D eigenvalue weighted by atomic mass is 16.6. The zero-order valence-electron chi connectivity index (χ0n) is 30.5. The number of ether oxygens (including phenoxy) is 2. The molecule has 2 bridgehead atoms. The molecule has 52 heavy (non-hydrogen) atoms. The van der Waals surface area contributed by atoms with Gasteiger partial charge in [0.1, 0.15) is 17.7 Å². The molecule has 2 aromatic rings. The summed E-state index contributed by atoms with van der Waals surface area (Å²) in [4.78, 5) is 62.7. The number of rotatable bonds is 15. The highest BCUT2D eigenvalue weighted by Crippen LogP contribution is 2.60. The van der Waals surface area contributed by atoms with Crippen LogP contribution in [0.1, 0.15) is 88.0 Å². The van der Waals surface area contributed by atoms with E-state index in [1.165, 1.54) is 4.90 Å². The first kappa shape index (κ1) is 37.5. The number of aliphatic hydroxyl groups is 1. The standard InChI is InChI=1S/C42H53N3O7/c1-5-7-23-34(47)43(4)28(3)37(30-19-13-9-14-20-30)51-41(50)35-33-24-25-42(52-33)36(35)39(48)45(32(27-46)29-17-11-8-12-18-29)38(42)40(49)44(26-6-2)31-21-15-10-16-22-31/h5-6,8-9,11-14,17-20,28,31-33,35-38,46H,1-2,7,10,15-16,21-27H2,3-4H3/t28-,32+,33-,35+,36+,37+,38-,42+/m0/s1. The highest BCUT2D eigenvalue weighted by Gasteiger charge is 2.76. The fraction of sp³-hybridized carbons (Fsp3) is 0.524. The zero-order valence-corrected chi connectivity index (χ0v) is 30.5. The van der Waals surface area contributed by atoms with Gasteiger partial charge in [-0.05, 0) is 50.2 Å². The van der Waals surface area contributed by atoms with E-state index < -0.39 is 66.3 Å². The Bertz CT molecular complexity index is 1610. The average molecular weight is 712 g/mol. The number of amides is 3. The minimum Gasteiger partial charge on any atom is -0.455 e. The number of benzene rings is 2. The summed E-state index contributed by atoms with van der Waals surface area (Å²) in [5, 5.41) is 10.9. The topological polar surface area (TPSA) is 117 Å². The second-order valence-corrected chi connectivity index (χ2v) is 14.8. The summed E-state index contributed by atoms with van der Waals surface area (Å²) in [6, 6.07) is 16.1. The van der Waals surface area contributed by atoms with E-state index in [2.05, 4.69) is 13.2 Å². The predicted octanol–water partition coefficient (Wildman–Crippen LogP) is 5.54. The van der Waals surface area contributed by atoms with Gasteiger partial charge < -0.3 is 29.3 Å². The van der Waals surface area contributed by atoms with Crippen molar-refractivity contribution in [2.24, 2.45) is 11.8 Å². The number of esters is 1. The van der Waals surface area contributed by atoms with Crippen molar-refractivity contribution in [1.82, 2.24) is 14.7 Å². The van der Waals surface area contributed by atoms with Crippen molar-refractivity contribution in [2.45, 2.75) is 107 Å². The van der Waals surface area contributed by atoms with Crippen LogP contribution in [0, 0.1) is 11.8 Å². The van der Waals surface area contributed by atoms with Gasteiger partial charge in [0.15, 0.2) is 0 Å². The molecule has 278 valence electrons. The van der Waals surface area contributed by atoms with Crippen LogP contribution in [0.15, 0.2) is 86.0 Å². The molecule has 1 N–H and O–H groups in total. The minimum absolute atomic E-state index is 0.00498. The van der Waals surface area contributed by atoms with E-state index in [1.807, 2.05) is 72.5 Å². The van der Waals surface area contributed by atoms with Crippen molar-refractivity contribution < 1.29 is 33.8 Å². The van der Waals surface area contributed by atoms with Gasteiger partial charge in [-0.3, -0.25) is 19.2 Å². The summed E-state index contributed by atoms with van der Waals surface area (Å²) in [6.07, 6.45) is 8.54. The van der Waals surface area contributed by atoms with Crippen molar-refractivity contribution >= 4 is 23.7 Å². The van der Waals surface area contributed by atoms with E-state index in [-0.39, 0.29) is 24.3 Å². The lowest BCUT2D eigenvalue weighted by molar-refractivity contribution is -0.165. The van der Waals surface area contributed by atoms with Crippen LogP contribution in [-0.2, 0) is 28.7 Å². The summed E-state index contributed by atoms with van der Waals surface area (Å²) < 4.78 is 13.2. The Morgan fingerprint density at radius 3 is 2.27 bits per heavy atom. The lowest BCUT2D eigenvalue weighted by Crippen LogP contribution is -2.59. The largest absolute Gasteiger partial charge is 0.455 e. The van der Waals surface area contributed by atoms with Gasteiger partial charge in [0.25, 0.3) is 0 Å². The van der Waals surface area contributed by atoms with Gasteiger partial charge in [-0.2, -0.15) is 0 Å². The molecular weight excluding hydrogens is 658 g/mol. The quantitative estimate of drug-likeness (QED) is 0.191. The molecule has 3 saturated heterocycles. The molecule has 1 spiro atoms. The molecule has 0 unspecified atom stereocenters. The number of carbonyl (C=O) groups excluding carboxylic acids is 4. The third-order valence-corrected chi connectivity index (χ3v) is 11.9. The first-order valence-corrected chi connectivity index (χ1v) is 18.9. The molecule has 2 aromatic carbocycles. The van der Waals surface area contributed by atoms with E-state index in [9.17, 15) is 19.5 Å². The second kappa shape index (κ2) is 16.2. The molecule has 3 aliphatic heterocycles. The first-order chi connectivity index (χ1) is 25.2. The van der Waals surface area contributed by atoms with Crippen molar-refractivity contribution in [2.75, 3.05) is 20.2 Å². The summed E-state index contributed by atoms with van der Waals surface area (Å²) in [7, 11) is 1.70. The third-order valence-electron chi connectivity index (χ3n) is 11.9. The van der Waals surface area contributed by atoms with Crippen molar-refractivity contribution in [3.05, 3.63) is 97.1 Å². The van der Waals surface area contributed by atoms with Crippen LogP contribution in [0.3, 0.4) is 0 Å². The number of hydrogen-bond acceptors (Lipinski definition) is 7. The van der Waals surface area contributed by atoms with Crippen LogP contribution in [0.5, 0.6) is 0 Å². The molecule has 6 rings (SSSR count). The van der Waals surface area contributed by atoms with Crippen LogP contribution in [0.25, 0.3) is 0 Å². The van der Waals surface area contributed by atoms with Crippen LogP contribution < -0.4 is 0 Å². The molecule has 4 aliphatic rings. The molecule has 3 heterocycles. The summed E-state index contributed by atoms with van der Waals surface area (Å²) in [5.41, 5.74) is 0.135. The maximum atomic E-state index is 15.1. The van der Waals surface area contributed by atoms with Gasteiger partial charge >= 0.3 is 5.97 Å². The molecule has 4 fully saturated rings. The van der Waals surface area contributed by atoms with Gasteiger partial charge in [-0.25, -0.2) is 0 Å². The number of nitrogens with zero attached hydrogens (tertiary/aromatic N) is 3. The Labute approximate surface area is 307 Å². The number of likely N-dealkylation sites (tertiary alicyclic amines) is 1. The van der Waals surface area contributed by atoms with Gasteiger partial charge in [0, 0.05) is 26.1 Å². The van der Waals surface area contributed by atoms with E-state index in [1.54, 1.807) is 24.1 Å². The van der Waals surface area contributed by atoms with Crippen LogP contribution in [-0.4, -0.2) is 93.5 Å². The molecule has 0 aromatic heterocycles. The molecule has 0 radical (unpaired) electrons. The van der Waals surface area contributed by atoms with Gasteiger partial charge in [0.2, 0.25) is 17.7 Å². The van der Waals surface area contributed by atoms with E-state index in [0.29, 0.717) is 31.4 Å². The van der Waals surface area contributed by atoms with Crippen LogP contribution >= 0.6 is 0 Å². The van der Waals surface area contributed by atoms with E-state index in [4.69, 9.17) is 9.47 Å². The third kappa shape index (κ3) is 6.83. The Kier molecular flexibility index (Phi) is 11.7. The van der Waals surface area contributed by atoms with Gasteiger partial charge in [-0.1, -0.05) is 92.1 Å². The minimum atomic E-state index is -1.27. The van der Waals surface area contributed by atoms with Crippen LogP contribution in [0.2, 0.25) is 0 Å². The SMILES string of the molecule is C=CCCC(=O)N(C)[C@@H](C)[C@@H](OC(=O)[C@@H]1[C@@H]2CC[C@]3(O2)[C@H](C(=O)N(CC=C)C2CCCCC2)N([C@H](CO)c2ccccc2)C(=O)[C@@H]13)c1ccccc1. The molecule has 1 saturated carbocycles. The Balaban J connectivity index is 1.37. The molecule has 10 heteroatoms. The first-order valence-electron chi connectivity index (χ1n) is 18.9. The average Bonchev–Trinajstić information content (AvgIpc) is 3.83. The van der Waals surface area contributed by atoms with Crippen LogP contribution in [0.4, 0.5) is 0 Å². The molecular formula is C42H53N3O7. The maximum Gasteiger partial charge on any atom is 0.313 e. The fourth-order valence-corrected chi connectivity index (χ4v) is 9.23. The maximum absolute atomic E-state index is 15.1. The number of fused-ring (bicyclic) bond motifs is 1. The number of allylic oxidation sites excluding steroid dienone is 1. The molecule has 10 nitrogen and oxygen atoms in total. The monoisotopic (exact) mass is 711 g/mol. The fourth-order valence-electron chi connectivity index (χ4n) is 9.23. The molecule has 1 aliphatic carbocycles. The Morgan fingerprint density at radius 2 is 1.65 bits per heavy atom. The van der Waals surface area contributed by atoms with Crippen molar-refractivity contribution in [3.8, 4) is 0 Å². The smallest absolute Gasteiger partial charge is 0.313 e. The Morgan fingerprint density at radius 1 is 1.00 bits per heavy atom. The molecule has 3 amide bonds. The van der Waals surface area contributed by atoms with Crippen molar-refractivity contribution in [3.63, 3.8) is 0 Å². The summed E-state index contributed by atoms with van der Waals surface area (Å²) in [6.45, 7) is 9.44. The van der Waals surface area contributed by atoms with Gasteiger partial charge in [0.05, 0.1) is 36.6 Å². The summed E-state index contributed by atoms with van der Waals surface area (Å²) in [5.74, 6) is -3.29. The van der Waals surface area contributed by atoms with Gasteiger partial charge in [-0.15, -0.1) is 13.2 Å². The zero-order chi connectivity index (χ0) is 37.0. The second-order valence-electron chi connectivity index (χ2n) is 14.8. The number of likely N-dealkylation sites (N-methyl/N-ethyl adjacent to an activating group) is 1. The number of carbonyl (C=O) groups is 4. The number of hydrogen-bond donors (Lipinski definition) is 1. The normalized spacial score (nSPS) is 27.0. The van der Waals surface area contributed by atoms with E-state index >= 15 is 4.79 Å². The van der Waals surface area contributed by atoms with E-state index in [0.717, 1.165) is 37.7 Å². The lowest BCUT2D eigenvalue weighted by Gasteiger charge is -2.42. The lowest BCUT2D eigenvalue weighted by atomic mass is 9.70. The predicted molar refractivity (Wildman–Crippen MR) is 196 cm³/mol. The number of aliphatic hydroxyl groups excluding tert-OH is 1. The van der Waals surface area contributed by atoms with Crippen molar-refractivity contribution in [1.29, 1.82) is 0 Å².